The van der Waals surface area contributed by atoms with Crippen molar-refractivity contribution in [1.29, 1.82) is 0 Å². The number of imidazole rings is 1. The highest BCUT2D eigenvalue weighted by Crippen LogP contribution is 2.21. The second-order valence-electron chi connectivity index (χ2n) is 7.52. The van der Waals surface area contributed by atoms with Crippen molar-refractivity contribution in [2.45, 2.75) is 45.3 Å². The van der Waals surface area contributed by atoms with Gasteiger partial charge in [-0.25, -0.2) is 14.2 Å². The topological polar surface area (TPSA) is 56.6 Å². The van der Waals surface area contributed by atoms with Gasteiger partial charge in [-0.15, -0.1) is 0 Å². The molecule has 0 saturated carbocycles. The van der Waals surface area contributed by atoms with Gasteiger partial charge in [0.25, 0.3) is 0 Å². The van der Waals surface area contributed by atoms with Crippen LogP contribution in [0, 0.1) is 0 Å². The van der Waals surface area contributed by atoms with Crippen molar-refractivity contribution in [2.75, 3.05) is 13.1 Å². The van der Waals surface area contributed by atoms with Crippen molar-refractivity contribution >= 4 is 22.0 Å². The molecule has 2 heterocycles. The van der Waals surface area contributed by atoms with Gasteiger partial charge < -0.3 is 18.9 Å². The molecular formula is C19H23BrFN3O3. The van der Waals surface area contributed by atoms with E-state index in [9.17, 15) is 9.18 Å². The lowest BCUT2D eigenvalue weighted by Crippen LogP contribution is -2.36. The number of halogens is 2. The van der Waals surface area contributed by atoms with E-state index in [4.69, 9.17) is 9.47 Å². The summed E-state index contributed by atoms with van der Waals surface area (Å²) in [5, 5.41) is 0. The minimum Gasteiger partial charge on any atom is -0.444 e. The molecular weight excluding hydrogens is 417 g/mol. The third-order valence-electron chi connectivity index (χ3n) is 4.10. The number of benzene rings is 1. The Balaban J connectivity index is 1.53. The Bertz CT molecular complexity index is 788. The fourth-order valence-electron chi connectivity index (χ4n) is 2.77. The van der Waals surface area contributed by atoms with Crippen molar-refractivity contribution in [3.05, 3.63) is 47.0 Å². The molecule has 1 fully saturated rings. The van der Waals surface area contributed by atoms with E-state index in [1.807, 2.05) is 35.0 Å². The largest absolute Gasteiger partial charge is 0.444 e. The van der Waals surface area contributed by atoms with Gasteiger partial charge in [0, 0.05) is 11.9 Å². The van der Waals surface area contributed by atoms with Crippen LogP contribution in [0.1, 0.15) is 26.3 Å². The number of hydrogen-bond donors (Lipinski definition) is 0. The van der Waals surface area contributed by atoms with Gasteiger partial charge in [0.1, 0.15) is 28.8 Å². The van der Waals surface area contributed by atoms with Gasteiger partial charge in [-0.05, 0) is 54.4 Å². The number of rotatable bonds is 4. The first-order valence-corrected chi connectivity index (χ1v) is 9.53. The summed E-state index contributed by atoms with van der Waals surface area (Å²) in [6.45, 7) is 5.82. The van der Waals surface area contributed by atoms with Gasteiger partial charge in [0.05, 0.1) is 19.7 Å². The minimum absolute atomic E-state index is 0.00593. The summed E-state index contributed by atoms with van der Waals surface area (Å²) in [5.74, 6) is 0. The zero-order valence-electron chi connectivity index (χ0n) is 15.6. The molecule has 0 bridgehead atoms. The maximum absolute atomic E-state index is 14.2. The SMILES string of the molecule is CC(C)(C)OC(=O)N1CC(F)C(OCc2ccc(-n3cnc(Br)c3)cc2)C1. The Hall–Kier alpha value is -1.93. The van der Waals surface area contributed by atoms with E-state index in [1.165, 1.54) is 4.90 Å². The van der Waals surface area contributed by atoms with Gasteiger partial charge in [0.2, 0.25) is 0 Å². The zero-order valence-corrected chi connectivity index (χ0v) is 17.1. The molecule has 6 nitrogen and oxygen atoms in total. The van der Waals surface area contributed by atoms with E-state index >= 15 is 0 Å². The first-order valence-electron chi connectivity index (χ1n) is 8.74. The standard InChI is InChI=1S/C19H23BrFN3O3/c1-19(2,3)27-18(25)23-8-15(21)16(9-23)26-11-13-4-6-14(7-5-13)24-10-17(20)22-12-24/h4-7,10,12,15-16H,8-9,11H2,1-3H3. The molecule has 2 unspecified atom stereocenters. The van der Waals surface area contributed by atoms with Gasteiger partial charge in [0.15, 0.2) is 0 Å². The Labute approximate surface area is 166 Å². The van der Waals surface area contributed by atoms with Crippen LogP contribution < -0.4 is 0 Å². The molecule has 1 aliphatic heterocycles. The van der Waals surface area contributed by atoms with Crippen LogP contribution in [0.15, 0.2) is 41.4 Å². The Kier molecular flexibility index (Phi) is 5.86. The van der Waals surface area contributed by atoms with Gasteiger partial charge in [-0.1, -0.05) is 12.1 Å². The van der Waals surface area contributed by atoms with Crippen LogP contribution in [-0.2, 0) is 16.1 Å². The number of amides is 1. The summed E-state index contributed by atoms with van der Waals surface area (Å²) < 4.78 is 27.9. The highest BCUT2D eigenvalue weighted by Gasteiger charge is 2.38. The third-order valence-corrected chi connectivity index (χ3v) is 4.51. The molecule has 1 aliphatic rings. The van der Waals surface area contributed by atoms with Crippen LogP contribution in [0.2, 0.25) is 0 Å². The quantitative estimate of drug-likeness (QED) is 0.718. The van der Waals surface area contributed by atoms with Crippen molar-refractivity contribution in [3.63, 3.8) is 0 Å². The highest BCUT2D eigenvalue weighted by molar-refractivity contribution is 9.10. The molecule has 3 rings (SSSR count). The molecule has 1 amide bonds. The maximum Gasteiger partial charge on any atom is 0.410 e. The predicted octanol–water partition coefficient (Wildman–Crippen LogP) is 4.11. The van der Waals surface area contributed by atoms with Gasteiger partial charge in [-0.2, -0.15) is 0 Å². The van der Waals surface area contributed by atoms with Crippen LogP contribution in [0.4, 0.5) is 9.18 Å². The number of alkyl halides is 1. The molecule has 8 heteroatoms. The molecule has 146 valence electrons. The van der Waals surface area contributed by atoms with Crippen LogP contribution in [0.25, 0.3) is 5.69 Å². The van der Waals surface area contributed by atoms with E-state index in [0.717, 1.165) is 15.9 Å². The number of hydrogen-bond acceptors (Lipinski definition) is 4. The molecule has 0 radical (unpaired) electrons. The number of likely N-dealkylation sites (tertiary alicyclic amines) is 1. The molecule has 0 N–H and O–H groups in total. The van der Waals surface area contributed by atoms with Gasteiger partial charge in [-0.3, -0.25) is 0 Å². The first-order chi connectivity index (χ1) is 12.7. The first kappa shape index (κ1) is 19.8. The molecule has 1 saturated heterocycles. The smallest absolute Gasteiger partial charge is 0.410 e. The lowest BCUT2D eigenvalue weighted by atomic mass is 10.2. The summed E-state index contributed by atoms with van der Waals surface area (Å²) >= 11 is 3.32. The Morgan fingerprint density at radius 1 is 1.30 bits per heavy atom. The lowest BCUT2D eigenvalue weighted by molar-refractivity contribution is 0.00671. The van der Waals surface area contributed by atoms with E-state index in [-0.39, 0.29) is 19.7 Å². The maximum atomic E-state index is 14.2. The number of ether oxygens (including phenoxy) is 2. The third kappa shape index (κ3) is 5.29. The van der Waals surface area contributed by atoms with Crippen LogP contribution in [0.3, 0.4) is 0 Å². The molecule has 0 spiro atoms. The second-order valence-corrected chi connectivity index (χ2v) is 8.33. The van der Waals surface area contributed by atoms with E-state index in [0.29, 0.717) is 0 Å². The van der Waals surface area contributed by atoms with Crippen molar-refractivity contribution < 1.29 is 18.7 Å². The van der Waals surface area contributed by atoms with Crippen LogP contribution in [-0.4, -0.2) is 51.5 Å². The van der Waals surface area contributed by atoms with Gasteiger partial charge >= 0.3 is 6.09 Å². The van der Waals surface area contributed by atoms with Crippen molar-refractivity contribution in [2.24, 2.45) is 0 Å². The van der Waals surface area contributed by atoms with Crippen molar-refractivity contribution in [3.8, 4) is 5.69 Å². The van der Waals surface area contributed by atoms with Crippen LogP contribution in [0.5, 0.6) is 0 Å². The normalized spacial score (nSPS) is 20.1. The fraction of sp³-hybridized carbons (Fsp3) is 0.474. The average molecular weight is 440 g/mol. The zero-order chi connectivity index (χ0) is 19.6. The number of carbonyl (C=O) groups is 1. The average Bonchev–Trinajstić information content (AvgIpc) is 3.18. The monoisotopic (exact) mass is 439 g/mol. The number of nitrogens with zero attached hydrogens (tertiary/aromatic N) is 3. The van der Waals surface area contributed by atoms with Crippen LogP contribution >= 0.6 is 15.9 Å². The summed E-state index contributed by atoms with van der Waals surface area (Å²) in [5.41, 5.74) is 1.30. The number of carbonyl (C=O) groups excluding carboxylic acids is 1. The Morgan fingerprint density at radius 2 is 2.00 bits per heavy atom. The minimum atomic E-state index is -1.22. The molecule has 1 aromatic carbocycles. The summed E-state index contributed by atoms with van der Waals surface area (Å²) in [6.07, 6.45) is 1.20. The van der Waals surface area contributed by atoms with Crippen molar-refractivity contribution in [1.82, 2.24) is 14.5 Å². The summed E-state index contributed by atoms with van der Waals surface area (Å²) in [6, 6.07) is 7.75. The highest BCUT2D eigenvalue weighted by atomic mass is 79.9. The molecule has 2 aromatic rings. The van der Waals surface area contributed by atoms with E-state index in [1.54, 1.807) is 27.1 Å². The molecule has 0 aliphatic carbocycles. The molecule has 2 atom stereocenters. The predicted molar refractivity (Wildman–Crippen MR) is 103 cm³/mol. The second kappa shape index (κ2) is 7.98. The van der Waals surface area contributed by atoms with E-state index < -0.39 is 24.0 Å². The lowest BCUT2D eigenvalue weighted by Gasteiger charge is -2.24. The number of aromatic nitrogens is 2. The summed E-state index contributed by atoms with van der Waals surface area (Å²) in [4.78, 5) is 17.6. The molecule has 27 heavy (non-hydrogen) atoms. The molecule has 1 aromatic heterocycles. The Morgan fingerprint density at radius 3 is 2.59 bits per heavy atom. The summed E-state index contributed by atoms with van der Waals surface area (Å²) in [7, 11) is 0. The fourth-order valence-corrected chi connectivity index (χ4v) is 3.09. The van der Waals surface area contributed by atoms with E-state index in [2.05, 4.69) is 20.9 Å².